The Morgan fingerprint density at radius 1 is 0.343 bits per heavy atom. The van der Waals surface area contributed by atoms with E-state index in [0.29, 0.717) is 12.8 Å². The van der Waals surface area contributed by atoms with Crippen LogP contribution in [0.1, 0.15) is 335 Å². The molecule has 19 heteroatoms. The summed E-state index contributed by atoms with van der Waals surface area (Å²) in [5, 5.41) is 121. The Hall–Kier alpha value is -2.77. The van der Waals surface area contributed by atoms with Crippen molar-refractivity contribution in [2.24, 2.45) is 0 Å². The third-order valence-electron chi connectivity index (χ3n) is 21.0. The summed E-state index contributed by atoms with van der Waals surface area (Å²) in [4.78, 5) is 13.5. The average Bonchev–Trinajstić information content (AvgIpc) is 0.781. The van der Waals surface area contributed by atoms with Gasteiger partial charge in [-0.2, -0.15) is 0 Å². The molecule has 0 aliphatic carbocycles. The molecule has 17 unspecified atom stereocenters. The molecule has 0 bridgehead atoms. The van der Waals surface area contributed by atoms with Crippen LogP contribution >= 0.6 is 0 Å². The molecule has 0 aromatic rings. The van der Waals surface area contributed by atoms with Crippen molar-refractivity contribution >= 4 is 5.91 Å². The number of nitrogens with one attached hydrogen (secondary N) is 1. The van der Waals surface area contributed by atoms with Crippen LogP contribution < -0.4 is 5.32 Å². The molecule has 0 aromatic carbocycles. The van der Waals surface area contributed by atoms with Gasteiger partial charge in [0.15, 0.2) is 18.9 Å². The molecule has 105 heavy (non-hydrogen) atoms. The van der Waals surface area contributed by atoms with Crippen LogP contribution in [0, 0.1) is 0 Å². The third kappa shape index (κ3) is 45.4. The van der Waals surface area contributed by atoms with Gasteiger partial charge in [-0.1, -0.05) is 318 Å². The van der Waals surface area contributed by atoms with E-state index in [1.807, 2.05) is 6.08 Å². The fraction of sp³-hybridized carbons (Fsp3) is 0.849. The van der Waals surface area contributed by atoms with Crippen molar-refractivity contribution in [1.82, 2.24) is 5.32 Å². The second-order valence-corrected chi connectivity index (χ2v) is 30.3. The number of carbonyl (C=O) groups is 1. The normalized spacial score (nSPS) is 26.1. The molecule has 12 N–H and O–H groups in total. The molecule has 0 saturated carbocycles. The topological polar surface area (TPSA) is 307 Å². The predicted molar refractivity (Wildman–Crippen MR) is 420 cm³/mol. The molecule has 3 fully saturated rings. The zero-order valence-corrected chi connectivity index (χ0v) is 65.7. The summed E-state index contributed by atoms with van der Waals surface area (Å²) in [5.74, 6) is -0.288. The Labute approximate surface area is 636 Å². The number of amides is 1. The van der Waals surface area contributed by atoms with Crippen LogP contribution in [-0.2, 0) is 33.2 Å². The summed E-state index contributed by atoms with van der Waals surface area (Å²) < 4.78 is 34.5. The maximum Gasteiger partial charge on any atom is 0.220 e. The van der Waals surface area contributed by atoms with Crippen molar-refractivity contribution in [3.63, 3.8) is 0 Å². The van der Waals surface area contributed by atoms with Crippen LogP contribution in [0.2, 0.25) is 0 Å². The molecular weight excluding hydrogens is 1330 g/mol. The largest absolute Gasteiger partial charge is 0.394 e. The number of unbranched alkanes of at least 4 members (excludes halogenated alkanes) is 42. The van der Waals surface area contributed by atoms with Crippen LogP contribution in [0.15, 0.2) is 72.9 Å². The minimum absolute atomic E-state index is 0.229. The first kappa shape index (κ1) is 96.4. The molecule has 17 atom stereocenters. The third-order valence-corrected chi connectivity index (χ3v) is 21.0. The van der Waals surface area contributed by atoms with Gasteiger partial charge in [0.05, 0.1) is 38.6 Å². The van der Waals surface area contributed by atoms with Crippen LogP contribution in [0.4, 0.5) is 0 Å². The molecule has 0 aromatic heterocycles. The van der Waals surface area contributed by atoms with Crippen LogP contribution in [0.25, 0.3) is 0 Å². The molecule has 3 aliphatic heterocycles. The Morgan fingerprint density at radius 3 is 1.02 bits per heavy atom. The highest BCUT2D eigenvalue weighted by Crippen LogP contribution is 2.33. The SMILES string of the molecule is CCCCCCC/C=C\C/C=C\C/C=C\CCCCCCCCCCCCCCCCC(=O)NC(COC1OC(CO)C(OC2OC(CO)C(OC3OC(CO)C(O)C(O)C3O)C(O)C2O)C(O)C1O)C(O)/C=C/CC/C=C/CC/C=C/CCCCCCCCCCCCCCCCCCCCCCC. The van der Waals surface area contributed by atoms with Gasteiger partial charge in [0, 0.05) is 6.42 Å². The number of hydrogen-bond acceptors (Lipinski definition) is 18. The summed E-state index contributed by atoms with van der Waals surface area (Å²) in [5.41, 5.74) is 0. The number of aliphatic hydroxyl groups excluding tert-OH is 11. The number of ether oxygens (including phenoxy) is 6. The second kappa shape index (κ2) is 65.9. The van der Waals surface area contributed by atoms with Crippen molar-refractivity contribution in [1.29, 1.82) is 0 Å². The molecule has 3 aliphatic rings. The van der Waals surface area contributed by atoms with E-state index >= 15 is 0 Å². The van der Waals surface area contributed by atoms with Crippen molar-refractivity contribution in [3.05, 3.63) is 72.9 Å². The molecule has 612 valence electrons. The molecule has 3 saturated heterocycles. The van der Waals surface area contributed by atoms with Gasteiger partial charge in [0.25, 0.3) is 0 Å². The zero-order valence-electron chi connectivity index (χ0n) is 65.7. The van der Waals surface area contributed by atoms with Gasteiger partial charge in [-0.3, -0.25) is 4.79 Å². The van der Waals surface area contributed by atoms with Crippen molar-refractivity contribution in [3.8, 4) is 0 Å². The lowest BCUT2D eigenvalue weighted by Crippen LogP contribution is -2.66. The number of hydrogen-bond donors (Lipinski definition) is 12. The fourth-order valence-corrected chi connectivity index (χ4v) is 14.1. The Bertz CT molecular complexity index is 2180. The summed E-state index contributed by atoms with van der Waals surface area (Å²) in [7, 11) is 0. The summed E-state index contributed by atoms with van der Waals surface area (Å²) >= 11 is 0. The quantitative estimate of drug-likeness (QED) is 0.0199. The molecule has 19 nitrogen and oxygen atoms in total. The number of allylic oxidation sites excluding steroid dienone is 11. The monoisotopic (exact) mass is 1490 g/mol. The summed E-state index contributed by atoms with van der Waals surface area (Å²) in [6.07, 6.45) is 60.4. The highest BCUT2D eigenvalue weighted by atomic mass is 16.8. The van der Waals surface area contributed by atoms with Crippen LogP contribution in [0.3, 0.4) is 0 Å². The van der Waals surface area contributed by atoms with E-state index in [9.17, 15) is 61.0 Å². The number of aliphatic hydroxyl groups is 11. The van der Waals surface area contributed by atoms with Gasteiger partial charge in [-0.05, 0) is 83.5 Å². The summed E-state index contributed by atoms with van der Waals surface area (Å²) in [6, 6.07) is -1.00. The zero-order chi connectivity index (χ0) is 76.0. The first-order chi connectivity index (χ1) is 51.3. The highest BCUT2D eigenvalue weighted by Gasteiger charge is 2.54. The van der Waals surface area contributed by atoms with E-state index in [-0.39, 0.29) is 18.9 Å². The van der Waals surface area contributed by atoms with E-state index in [2.05, 4.69) is 79.9 Å². The minimum atomic E-state index is -1.99. The van der Waals surface area contributed by atoms with Crippen LogP contribution in [0.5, 0.6) is 0 Å². The Kier molecular flexibility index (Phi) is 60.5. The van der Waals surface area contributed by atoms with E-state index in [1.165, 1.54) is 244 Å². The van der Waals surface area contributed by atoms with Gasteiger partial charge in [-0.15, -0.1) is 0 Å². The van der Waals surface area contributed by atoms with Crippen LogP contribution in [-0.4, -0.2) is 193 Å². The average molecular weight is 1490 g/mol. The lowest BCUT2D eigenvalue weighted by molar-refractivity contribution is -0.379. The maximum absolute atomic E-state index is 13.5. The van der Waals surface area contributed by atoms with E-state index in [0.717, 1.165) is 57.8 Å². The first-order valence-corrected chi connectivity index (χ1v) is 42.7. The fourth-order valence-electron chi connectivity index (χ4n) is 14.1. The van der Waals surface area contributed by atoms with Gasteiger partial charge in [-0.25, -0.2) is 0 Å². The molecular formula is C86H155NO18. The van der Waals surface area contributed by atoms with E-state index in [4.69, 9.17) is 28.4 Å². The molecule has 0 spiro atoms. The minimum Gasteiger partial charge on any atom is -0.394 e. The van der Waals surface area contributed by atoms with Gasteiger partial charge < -0.3 is 89.9 Å². The molecule has 1 amide bonds. The standard InChI is InChI=1S/C86H155NO18/c1-3-5-7-9-11-13-15-17-19-21-23-25-27-29-31-33-34-36-37-39-41-43-45-47-49-51-53-55-57-59-61-63-70(91)69(87-74(92)64-62-60-58-56-54-52-50-48-46-44-42-40-38-35-32-30-28-26-24-22-20-18-16-14-12-10-8-6-4-2)68-100-84-80(98)77(95)82(72(66-89)102-84)105-86-81(99)78(96)83(73(67-90)103-86)104-85-79(97)76(94)75(93)71(65-88)101-85/h16,18,22,24,28,30,45,47,53,55,61,63,69-73,75-86,88-91,93-99H,3-15,17,19-21,23,25-27,29,31-44,46,48-52,54,56-60,62,64-68H2,1-2H3,(H,87,92)/b18-16-,24-22-,30-28-,47-45+,55-53+,63-61+. The lowest BCUT2D eigenvalue weighted by Gasteiger charge is -2.48. The first-order valence-electron chi connectivity index (χ1n) is 42.7. The smallest absolute Gasteiger partial charge is 0.220 e. The number of rotatable bonds is 68. The van der Waals surface area contributed by atoms with Gasteiger partial charge in [0.1, 0.15) is 73.2 Å². The molecule has 3 heterocycles. The second-order valence-electron chi connectivity index (χ2n) is 30.3. The maximum atomic E-state index is 13.5. The van der Waals surface area contributed by atoms with Gasteiger partial charge in [0.2, 0.25) is 5.91 Å². The predicted octanol–water partition coefficient (Wildman–Crippen LogP) is 15.2. The van der Waals surface area contributed by atoms with E-state index < -0.39 is 124 Å². The Morgan fingerprint density at radius 2 is 0.638 bits per heavy atom. The van der Waals surface area contributed by atoms with Crippen molar-refractivity contribution < 1.29 is 89.4 Å². The lowest BCUT2D eigenvalue weighted by atomic mass is 9.96. The van der Waals surface area contributed by atoms with E-state index in [1.54, 1.807) is 6.08 Å². The molecule has 0 radical (unpaired) electrons. The highest BCUT2D eigenvalue weighted by molar-refractivity contribution is 5.76. The van der Waals surface area contributed by atoms with Crippen molar-refractivity contribution in [2.75, 3.05) is 26.4 Å². The number of carbonyl (C=O) groups excluding carboxylic acids is 1. The summed E-state index contributed by atoms with van der Waals surface area (Å²) in [6.45, 7) is 1.74. The molecule has 3 rings (SSSR count). The van der Waals surface area contributed by atoms with Crippen molar-refractivity contribution in [2.45, 2.75) is 439 Å². The van der Waals surface area contributed by atoms with Gasteiger partial charge >= 0.3 is 0 Å². The Balaban J connectivity index is 1.38.